The molecule has 2 heterocycles. The smallest absolute Gasteiger partial charge is 0.319 e. The molecule has 1 aliphatic heterocycles. The summed E-state index contributed by atoms with van der Waals surface area (Å²) in [5, 5.41) is 6.86. The maximum absolute atomic E-state index is 13.0. The van der Waals surface area contributed by atoms with Crippen molar-refractivity contribution in [2.24, 2.45) is 5.92 Å². The van der Waals surface area contributed by atoms with Gasteiger partial charge in [-0.25, -0.2) is 4.79 Å². The molecule has 1 aromatic heterocycles. The molecule has 3 amide bonds. The summed E-state index contributed by atoms with van der Waals surface area (Å²) in [4.78, 5) is 34.3. The molecule has 8 heteroatoms. The first-order chi connectivity index (χ1) is 16.4. The van der Waals surface area contributed by atoms with E-state index in [4.69, 9.17) is 4.74 Å². The molecule has 1 aromatic carbocycles. The molecule has 2 aliphatic rings. The number of carbonyl (C=O) groups excluding carboxylic acids is 2. The fraction of sp³-hybridized carbons (Fsp3) is 0.577. The van der Waals surface area contributed by atoms with Crippen molar-refractivity contribution >= 4 is 28.5 Å². The third-order valence-electron chi connectivity index (χ3n) is 7.31. The van der Waals surface area contributed by atoms with Crippen LogP contribution in [0, 0.1) is 12.8 Å². The highest BCUT2D eigenvalue weighted by atomic mass is 16.5. The number of carbonyl (C=O) groups is 2. The van der Waals surface area contributed by atoms with Crippen LogP contribution in [0.2, 0.25) is 0 Å². The van der Waals surface area contributed by atoms with Gasteiger partial charge in [-0.05, 0) is 51.2 Å². The second kappa shape index (κ2) is 11.1. The summed E-state index contributed by atoms with van der Waals surface area (Å²) in [6.07, 6.45) is 5.07. The van der Waals surface area contributed by atoms with Crippen LogP contribution in [0.4, 0.5) is 10.5 Å². The third-order valence-corrected chi connectivity index (χ3v) is 7.31. The first kappa shape index (κ1) is 24.4. The minimum absolute atomic E-state index is 0.128. The van der Waals surface area contributed by atoms with Crippen LogP contribution in [0.1, 0.15) is 37.8 Å². The SMILES string of the molecule is COC1CCC(C(=O)N(C)C2CCN(CCNC(=O)Nc3cc(C)nc4ccccc34)C2)CC1. The molecular formula is C26H37N5O3. The molecule has 1 atom stereocenters. The van der Waals surface area contributed by atoms with E-state index in [1.54, 1.807) is 7.11 Å². The van der Waals surface area contributed by atoms with Crippen LogP contribution in [0.5, 0.6) is 0 Å². The normalized spacial score (nSPS) is 23.1. The number of ether oxygens (including phenoxy) is 1. The van der Waals surface area contributed by atoms with Crippen LogP contribution >= 0.6 is 0 Å². The topological polar surface area (TPSA) is 86.8 Å². The van der Waals surface area contributed by atoms with E-state index < -0.39 is 0 Å². The van der Waals surface area contributed by atoms with Gasteiger partial charge in [0, 0.05) is 63.4 Å². The van der Waals surface area contributed by atoms with Gasteiger partial charge in [-0.1, -0.05) is 18.2 Å². The van der Waals surface area contributed by atoms with E-state index in [0.717, 1.165) is 74.0 Å². The van der Waals surface area contributed by atoms with E-state index in [0.29, 0.717) is 12.6 Å². The number of pyridine rings is 1. The van der Waals surface area contributed by atoms with Gasteiger partial charge in [-0.15, -0.1) is 0 Å². The number of benzene rings is 1. The molecule has 1 aliphatic carbocycles. The van der Waals surface area contributed by atoms with E-state index in [-0.39, 0.29) is 23.9 Å². The second-order valence-electron chi connectivity index (χ2n) is 9.61. The lowest BCUT2D eigenvalue weighted by molar-refractivity contribution is -0.138. The average molecular weight is 468 g/mol. The molecule has 184 valence electrons. The number of para-hydroxylation sites is 1. The number of aromatic nitrogens is 1. The molecule has 4 rings (SSSR count). The maximum Gasteiger partial charge on any atom is 0.319 e. The Labute approximate surface area is 202 Å². The number of anilines is 1. The lowest BCUT2D eigenvalue weighted by atomic mass is 9.86. The summed E-state index contributed by atoms with van der Waals surface area (Å²) in [6, 6.07) is 9.71. The van der Waals surface area contributed by atoms with Crippen molar-refractivity contribution in [1.29, 1.82) is 0 Å². The predicted octanol–water partition coefficient (Wildman–Crippen LogP) is 3.40. The Bertz CT molecular complexity index is 1010. The first-order valence-electron chi connectivity index (χ1n) is 12.4. The standard InChI is InChI=1S/C26H37N5O3/c1-18-16-24(22-6-4-5-7-23(22)28-18)29-26(33)27-13-15-31-14-12-20(17-31)30(2)25(32)19-8-10-21(34-3)11-9-19/h4-7,16,19-21H,8-15,17H2,1-3H3,(H2,27,28,29,33). The van der Waals surface area contributed by atoms with Gasteiger partial charge in [-0.3, -0.25) is 14.7 Å². The quantitative estimate of drug-likeness (QED) is 0.652. The van der Waals surface area contributed by atoms with Crippen molar-refractivity contribution in [2.75, 3.05) is 45.7 Å². The minimum atomic E-state index is -0.217. The average Bonchev–Trinajstić information content (AvgIpc) is 3.32. The van der Waals surface area contributed by atoms with Crippen molar-refractivity contribution in [3.05, 3.63) is 36.0 Å². The molecule has 1 saturated carbocycles. The predicted molar refractivity (Wildman–Crippen MR) is 134 cm³/mol. The lowest BCUT2D eigenvalue weighted by Crippen LogP contribution is -2.44. The Morgan fingerprint density at radius 3 is 2.71 bits per heavy atom. The number of likely N-dealkylation sites (N-methyl/N-ethyl adjacent to an activating group) is 1. The summed E-state index contributed by atoms with van der Waals surface area (Å²) in [6.45, 7) is 5.04. The van der Waals surface area contributed by atoms with Crippen LogP contribution in [-0.2, 0) is 9.53 Å². The number of aryl methyl sites for hydroxylation is 1. The first-order valence-corrected chi connectivity index (χ1v) is 12.4. The Kier molecular flexibility index (Phi) is 8.00. The minimum Gasteiger partial charge on any atom is -0.381 e. The fourth-order valence-electron chi connectivity index (χ4n) is 5.25. The lowest BCUT2D eigenvalue weighted by Gasteiger charge is -2.32. The number of urea groups is 1. The summed E-state index contributed by atoms with van der Waals surface area (Å²) in [5.74, 6) is 0.405. The largest absolute Gasteiger partial charge is 0.381 e. The van der Waals surface area contributed by atoms with Gasteiger partial charge in [0.05, 0.1) is 17.3 Å². The Balaban J connectivity index is 1.21. The van der Waals surface area contributed by atoms with E-state index in [2.05, 4.69) is 20.5 Å². The van der Waals surface area contributed by atoms with Gasteiger partial charge in [0.25, 0.3) is 0 Å². The molecule has 2 N–H and O–H groups in total. The van der Waals surface area contributed by atoms with Crippen LogP contribution in [0.25, 0.3) is 10.9 Å². The molecule has 0 bridgehead atoms. The molecule has 2 fully saturated rings. The molecule has 2 aromatic rings. The highest BCUT2D eigenvalue weighted by Crippen LogP contribution is 2.28. The van der Waals surface area contributed by atoms with E-state index >= 15 is 0 Å². The molecule has 0 spiro atoms. The number of hydrogen-bond donors (Lipinski definition) is 2. The zero-order chi connectivity index (χ0) is 24.1. The van der Waals surface area contributed by atoms with Crippen LogP contribution < -0.4 is 10.6 Å². The number of methoxy groups -OCH3 is 1. The van der Waals surface area contributed by atoms with Gasteiger partial charge >= 0.3 is 6.03 Å². The van der Waals surface area contributed by atoms with Gasteiger partial charge < -0.3 is 20.3 Å². The van der Waals surface area contributed by atoms with Crippen molar-refractivity contribution in [1.82, 2.24) is 20.1 Å². The van der Waals surface area contributed by atoms with E-state index in [1.165, 1.54) is 0 Å². The number of hydrogen-bond acceptors (Lipinski definition) is 5. The molecule has 0 radical (unpaired) electrons. The van der Waals surface area contributed by atoms with E-state index in [9.17, 15) is 9.59 Å². The van der Waals surface area contributed by atoms with Crippen LogP contribution in [-0.4, -0.2) is 79.2 Å². The second-order valence-corrected chi connectivity index (χ2v) is 9.61. The highest BCUT2D eigenvalue weighted by Gasteiger charge is 2.33. The summed E-state index contributed by atoms with van der Waals surface area (Å²) in [5.41, 5.74) is 2.50. The van der Waals surface area contributed by atoms with Gasteiger partial charge in [-0.2, -0.15) is 0 Å². The highest BCUT2D eigenvalue weighted by molar-refractivity contribution is 6.00. The Morgan fingerprint density at radius 1 is 1.18 bits per heavy atom. The van der Waals surface area contributed by atoms with Gasteiger partial charge in [0.15, 0.2) is 0 Å². The summed E-state index contributed by atoms with van der Waals surface area (Å²) < 4.78 is 5.44. The van der Waals surface area contributed by atoms with Gasteiger partial charge in [0.2, 0.25) is 5.91 Å². The number of nitrogens with one attached hydrogen (secondary N) is 2. The molecule has 1 unspecified atom stereocenters. The maximum atomic E-state index is 13.0. The van der Waals surface area contributed by atoms with Crippen molar-refractivity contribution < 1.29 is 14.3 Å². The van der Waals surface area contributed by atoms with Crippen LogP contribution in [0.15, 0.2) is 30.3 Å². The third kappa shape index (κ3) is 5.85. The number of rotatable bonds is 7. The molecule has 1 saturated heterocycles. The number of fused-ring (bicyclic) bond motifs is 1. The monoisotopic (exact) mass is 467 g/mol. The zero-order valence-corrected chi connectivity index (χ0v) is 20.5. The van der Waals surface area contributed by atoms with Crippen molar-refractivity contribution in [3.63, 3.8) is 0 Å². The zero-order valence-electron chi connectivity index (χ0n) is 20.5. The number of amides is 3. The fourth-order valence-corrected chi connectivity index (χ4v) is 5.25. The number of nitrogens with zero attached hydrogens (tertiary/aromatic N) is 3. The van der Waals surface area contributed by atoms with Crippen LogP contribution in [0.3, 0.4) is 0 Å². The molecule has 34 heavy (non-hydrogen) atoms. The Hall–Kier alpha value is -2.71. The Morgan fingerprint density at radius 2 is 1.94 bits per heavy atom. The summed E-state index contributed by atoms with van der Waals surface area (Å²) in [7, 11) is 3.71. The van der Waals surface area contributed by atoms with Crippen molar-refractivity contribution in [3.8, 4) is 0 Å². The van der Waals surface area contributed by atoms with Crippen molar-refractivity contribution in [2.45, 2.75) is 51.2 Å². The molecular weight excluding hydrogens is 430 g/mol. The molecule has 8 nitrogen and oxygen atoms in total. The van der Waals surface area contributed by atoms with Gasteiger partial charge in [0.1, 0.15) is 0 Å². The number of likely N-dealkylation sites (tertiary alicyclic amines) is 1. The summed E-state index contributed by atoms with van der Waals surface area (Å²) >= 11 is 0. The van der Waals surface area contributed by atoms with E-state index in [1.807, 2.05) is 49.2 Å².